The van der Waals surface area contributed by atoms with E-state index in [4.69, 9.17) is 4.74 Å². The number of nitrogens with zero attached hydrogens (tertiary/aromatic N) is 3. The topological polar surface area (TPSA) is 67.4 Å². The Morgan fingerprint density at radius 3 is 2.64 bits per heavy atom. The molecule has 1 aromatic heterocycles. The minimum Gasteiger partial charge on any atom is -0.378 e. The summed E-state index contributed by atoms with van der Waals surface area (Å²) in [4.78, 5) is 22.7. The minimum atomic E-state index is -0.195. The Morgan fingerprint density at radius 2 is 1.91 bits per heavy atom. The maximum atomic E-state index is 12.2. The molecule has 1 fully saturated rings. The summed E-state index contributed by atoms with van der Waals surface area (Å²) < 4.78 is 6.26. The molecule has 0 bridgehead atoms. The number of hydrogen-bond acceptors (Lipinski definition) is 5. The number of carbonyl (C=O) groups excluding carboxylic acids is 1. The number of carbonyl (C=O) groups is 1. The predicted molar refractivity (Wildman–Crippen MR) is 87.2 cm³/mol. The first-order chi connectivity index (χ1) is 10.7. The fraction of sp³-hybridized carbons (Fsp3) is 0.267. The smallest absolute Gasteiger partial charge is 0.256 e. The molecule has 0 aliphatic carbocycles. The lowest BCUT2D eigenvalue weighted by molar-refractivity contribution is 0.102. The average molecular weight is 363 g/mol. The van der Waals surface area contributed by atoms with Gasteiger partial charge in [-0.2, -0.15) is 0 Å². The van der Waals surface area contributed by atoms with E-state index in [0.29, 0.717) is 24.6 Å². The second-order valence-corrected chi connectivity index (χ2v) is 5.74. The zero-order valence-corrected chi connectivity index (χ0v) is 13.4. The molecule has 1 aromatic carbocycles. The molecule has 0 radical (unpaired) electrons. The van der Waals surface area contributed by atoms with Crippen molar-refractivity contribution < 1.29 is 9.53 Å². The van der Waals surface area contributed by atoms with E-state index in [2.05, 4.69) is 36.1 Å². The molecule has 1 aliphatic rings. The van der Waals surface area contributed by atoms with Crippen molar-refractivity contribution in [3.63, 3.8) is 0 Å². The first-order valence-corrected chi connectivity index (χ1v) is 7.73. The Balaban J connectivity index is 1.72. The molecule has 22 heavy (non-hydrogen) atoms. The van der Waals surface area contributed by atoms with Gasteiger partial charge < -0.3 is 15.0 Å². The van der Waals surface area contributed by atoms with Gasteiger partial charge in [0.2, 0.25) is 0 Å². The standard InChI is InChI=1S/C15H15BrN4O2/c16-12-3-1-11(2-4-12)15(21)19-13-9-14(18-10-17-13)20-5-7-22-8-6-20/h1-4,9-10H,5-8H2,(H,17,18,19,21). The summed E-state index contributed by atoms with van der Waals surface area (Å²) in [5.74, 6) is 1.09. The molecule has 0 saturated carbocycles. The lowest BCUT2D eigenvalue weighted by Gasteiger charge is -2.27. The number of ether oxygens (including phenoxy) is 1. The third-order valence-corrected chi connectivity index (χ3v) is 3.86. The van der Waals surface area contributed by atoms with E-state index >= 15 is 0 Å². The van der Waals surface area contributed by atoms with E-state index in [-0.39, 0.29) is 5.91 Å². The van der Waals surface area contributed by atoms with Crippen LogP contribution >= 0.6 is 15.9 Å². The summed E-state index contributed by atoms with van der Waals surface area (Å²) in [5, 5.41) is 2.79. The Bertz CT molecular complexity index is 657. The van der Waals surface area contributed by atoms with Crippen molar-refractivity contribution >= 4 is 33.5 Å². The Kier molecular flexibility index (Phi) is 4.65. The first-order valence-electron chi connectivity index (χ1n) is 6.94. The number of morpholine rings is 1. The molecule has 0 atom stereocenters. The molecule has 1 N–H and O–H groups in total. The molecule has 1 aliphatic heterocycles. The normalized spacial score (nSPS) is 14.7. The zero-order chi connectivity index (χ0) is 15.4. The van der Waals surface area contributed by atoms with E-state index in [1.54, 1.807) is 18.2 Å². The van der Waals surface area contributed by atoms with Crippen LogP contribution in [-0.2, 0) is 4.74 Å². The molecule has 2 aromatic rings. The molecule has 1 saturated heterocycles. The van der Waals surface area contributed by atoms with Crippen molar-refractivity contribution in [3.8, 4) is 0 Å². The molecule has 3 rings (SSSR count). The molecule has 2 heterocycles. The lowest BCUT2D eigenvalue weighted by atomic mass is 10.2. The van der Waals surface area contributed by atoms with E-state index in [1.165, 1.54) is 6.33 Å². The molecular weight excluding hydrogens is 348 g/mol. The van der Waals surface area contributed by atoms with Gasteiger partial charge in [-0.25, -0.2) is 9.97 Å². The molecule has 6 nitrogen and oxygen atoms in total. The lowest BCUT2D eigenvalue weighted by Crippen LogP contribution is -2.36. The van der Waals surface area contributed by atoms with Crippen LogP contribution in [0.2, 0.25) is 0 Å². The van der Waals surface area contributed by atoms with Crippen LogP contribution in [0.5, 0.6) is 0 Å². The monoisotopic (exact) mass is 362 g/mol. The quantitative estimate of drug-likeness (QED) is 0.907. The highest BCUT2D eigenvalue weighted by Gasteiger charge is 2.14. The number of halogens is 1. The fourth-order valence-corrected chi connectivity index (χ4v) is 2.43. The number of amides is 1. The summed E-state index contributed by atoms with van der Waals surface area (Å²) in [7, 11) is 0. The summed E-state index contributed by atoms with van der Waals surface area (Å²) in [6.45, 7) is 2.95. The van der Waals surface area contributed by atoms with Crippen molar-refractivity contribution in [2.24, 2.45) is 0 Å². The third-order valence-electron chi connectivity index (χ3n) is 3.34. The molecule has 0 unspecified atom stereocenters. The van der Waals surface area contributed by atoms with E-state index in [1.807, 2.05) is 12.1 Å². The van der Waals surface area contributed by atoms with Crippen molar-refractivity contribution in [3.05, 3.63) is 46.7 Å². The number of anilines is 2. The highest BCUT2D eigenvalue weighted by atomic mass is 79.9. The molecular formula is C15H15BrN4O2. The largest absolute Gasteiger partial charge is 0.378 e. The van der Waals surface area contributed by atoms with Gasteiger partial charge in [-0.15, -0.1) is 0 Å². The van der Waals surface area contributed by atoms with Gasteiger partial charge in [0.05, 0.1) is 13.2 Å². The van der Waals surface area contributed by atoms with E-state index in [9.17, 15) is 4.79 Å². The summed E-state index contributed by atoms with van der Waals surface area (Å²) in [6.07, 6.45) is 1.46. The summed E-state index contributed by atoms with van der Waals surface area (Å²) in [5.41, 5.74) is 0.578. The van der Waals surface area contributed by atoms with Crippen LogP contribution in [0, 0.1) is 0 Å². The Morgan fingerprint density at radius 1 is 1.18 bits per heavy atom. The minimum absolute atomic E-state index is 0.195. The van der Waals surface area contributed by atoms with Gasteiger partial charge in [-0.1, -0.05) is 15.9 Å². The Labute approximate surface area is 136 Å². The maximum Gasteiger partial charge on any atom is 0.256 e. The number of hydrogen-bond donors (Lipinski definition) is 1. The second kappa shape index (κ2) is 6.85. The van der Waals surface area contributed by atoms with Crippen LogP contribution in [-0.4, -0.2) is 42.2 Å². The highest BCUT2D eigenvalue weighted by Crippen LogP contribution is 2.17. The third kappa shape index (κ3) is 3.61. The van der Waals surface area contributed by atoms with Gasteiger partial charge in [-0.05, 0) is 24.3 Å². The highest BCUT2D eigenvalue weighted by molar-refractivity contribution is 9.10. The number of nitrogens with one attached hydrogen (secondary N) is 1. The molecule has 0 spiro atoms. The van der Waals surface area contributed by atoms with Crippen LogP contribution in [0.3, 0.4) is 0 Å². The van der Waals surface area contributed by atoms with Crippen LogP contribution in [0.25, 0.3) is 0 Å². The van der Waals surface area contributed by atoms with Gasteiger partial charge in [0.25, 0.3) is 5.91 Å². The van der Waals surface area contributed by atoms with Crippen molar-refractivity contribution in [1.29, 1.82) is 0 Å². The molecule has 1 amide bonds. The second-order valence-electron chi connectivity index (χ2n) is 4.82. The number of aromatic nitrogens is 2. The fourth-order valence-electron chi connectivity index (χ4n) is 2.17. The van der Waals surface area contributed by atoms with Crippen LogP contribution in [0.1, 0.15) is 10.4 Å². The molecule has 114 valence electrons. The first kappa shape index (κ1) is 14.9. The van der Waals surface area contributed by atoms with E-state index < -0.39 is 0 Å². The molecule has 7 heteroatoms. The predicted octanol–water partition coefficient (Wildman–Crippen LogP) is 2.33. The summed E-state index contributed by atoms with van der Waals surface area (Å²) in [6, 6.07) is 8.94. The van der Waals surface area contributed by atoms with Gasteiger partial charge in [-0.3, -0.25) is 4.79 Å². The Hall–Kier alpha value is -1.99. The van der Waals surface area contributed by atoms with Crippen LogP contribution in [0.4, 0.5) is 11.6 Å². The van der Waals surface area contributed by atoms with Gasteiger partial charge in [0.15, 0.2) is 0 Å². The zero-order valence-electron chi connectivity index (χ0n) is 11.8. The van der Waals surface area contributed by atoms with Crippen molar-refractivity contribution in [2.75, 3.05) is 36.5 Å². The SMILES string of the molecule is O=C(Nc1cc(N2CCOCC2)ncn1)c1ccc(Br)cc1. The van der Waals surface area contributed by atoms with Crippen LogP contribution < -0.4 is 10.2 Å². The maximum absolute atomic E-state index is 12.2. The van der Waals surface area contributed by atoms with Crippen molar-refractivity contribution in [1.82, 2.24) is 9.97 Å². The van der Waals surface area contributed by atoms with Gasteiger partial charge in [0.1, 0.15) is 18.0 Å². The van der Waals surface area contributed by atoms with Gasteiger partial charge >= 0.3 is 0 Å². The van der Waals surface area contributed by atoms with Gasteiger partial charge in [0, 0.05) is 29.2 Å². The number of benzene rings is 1. The van der Waals surface area contributed by atoms with Crippen molar-refractivity contribution in [2.45, 2.75) is 0 Å². The summed E-state index contributed by atoms with van der Waals surface area (Å²) >= 11 is 3.35. The average Bonchev–Trinajstić information content (AvgIpc) is 2.56. The van der Waals surface area contributed by atoms with E-state index in [0.717, 1.165) is 23.4 Å². The number of rotatable bonds is 3. The van der Waals surface area contributed by atoms with Crippen LogP contribution in [0.15, 0.2) is 41.1 Å².